The first-order valence-electron chi connectivity index (χ1n) is 53.6. The molecular formula is C140H115N3. The highest BCUT2D eigenvalue weighted by atomic mass is 15.2. The van der Waals surface area contributed by atoms with Crippen molar-refractivity contribution in [2.75, 3.05) is 14.7 Å². The number of benzene rings is 20. The van der Waals surface area contributed by atoms with Crippen molar-refractivity contribution in [1.82, 2.24) is 0 Å². The zero-order chi connectivity index (χ0) is 93.7. The smallest absolute Gasteiger partial charge is 0.0468 e. The van der Waals surface area contributed by atoms with E-state index in [1.165, 1.54) is 268 Å². The maximum absolute atomic E-state index is 2.55. The lowest BCUT2D eigenvalue weighted by Crippen LogP contribution is -2.55. The summed E-state index contributed by atoms with van der Waals surface area (Å²) < 4.78 is 0. The topological polar surface area (TPSA) is 9.72 Å². The minimum Gasteiger partial charge on any atom is -0.310 e. The van der Waals surface area contributed by atoms with Gasteiger partial charge in [0.05, 0.1) is 0 Å². The summed E-state index contributed by atoms with van der Waals surface area (Å²) >= 11 is 0. The van der Waals surface area contributed by atoms with Gasteiger partial charge in [-0.1, -0.05) is 328 Å². The lowest BCUT2D eigenvalue weighted by molar-refractivity contribution is -0.0399. The van der Waals surface area contributed by atoms with Crippen LogP contribution in [-0.4, -0.2) is 0 Å². The fraction of sp³-hybridized carbons (Fsp3) is 0.214. The van der Waals surface area contributed by atoms with Crippen molar-refractivity contribution in [3.05, 3.63) is 476 Å². The molecule has 143 heavy (non-hydrogen) atoms. The fourth-order valence-corrected chi connectivity index (χ4v) is 33.0. The quantitative estimate of drug-likeness (QED) is 0.121. The highest BCUT2D eigenvalue weighted by Gasteiger charge is 2.65. The normalized spacial score (nSPS) is 24.7. The van der Waals surface area contributed by atoms with Gasteiger partial charge < -0.3 is 14.7 Å². The SMILES string of the molecule is c1ccc(-c2cccc(N(c3ccc4c(c3)-c3ccccc3C43C4CC5CC(C4)CC3C5)c3ccc4ccccc4c3)c2)cc1.c1ccc2c(c1)-c1cc(N(c3ccc(-c4ccc5ccccc5c4)cc3)c3ccc4ccccc4c3)ccc1C21C2CC3CC(C2)CC1C3.c1ccc2c(c1)-c1cc(N(c3ccc(-c4cccc5ccccc45)cc3)c3ccc4ccccc4c3)ccc1C21C2CC3CC(C2)CC1C3. The molecule has 0 saturated heterocycles. The Balaban J connectivity index is 0.000000100. The Morgan fingerprint density at radius 1 is 0.140 bits per heavy atom. The van der Waals surface area contributed by atoms with Crippen LogP contribution in [0.2, 0.25) is 0 Å². The van der Waals surface area contributed by atoms with Crippen molar-refractivity contribution in [3.63, 3.8) is 0 Å². The van der Waals surface area contributed by atoms with Gasteiger partial charge in [-0.2, -0.15) is 0 Å². The highest BCUT2D eigenvalue weighted by molar-refractivity contribution is 6.00. The minimum atomic E-state index is 0.186. The number of nitrogens with zero attached hydrogens (tertiary/aromatic N) is 3. The first-order chi connectivity index (χ1) is 70.7. The molecule has 0 atom stereocenters. The number of hydrogen-bond acceptors (Lipinski definition) is 3. The van der Waals surface area contributed by atoms with Crippen molar-refractivity contribution >= 4 is 105 Å². The van der Waals surface area contributed by atoms with Gasteiger partial charge in [0.2, 0.25) is 0 Å². The average molecular weight is 1840 g/mol. The molecule has 0 amide bonds. The third-order valence-electron chi connectivity index (χ3n) is 38.0. The van der Waals surface area contributed by atoms with Crippen LogP contribution in [0.5, 0.6) is 0 Å². The number of rotatable bonds is 12. The van der Waals surface area contributed by atoms with Crippen LogP contribution in [0.1, 0.15) is 130 Å². The Kier molecular flexibility index (Phi) is 19.4. The molecule has 3 nitrogen and oxygen atoms in total. The first kappa shape index (κ1) is 83.8. The predicted molar refractivity (Wildman–Crippen MR) is 597 cm³/mol. The Morgan fingerprint density at radius 2 is 0.392 bits per heavy atom. The summed E-state index contributed by atoms with van der Waals surface area (Å²) in [6.45, 7) is 0. The molecule has 12 saturated carbocycles. The Morgan fingerprint density at radius 3 is 0.797 bits per heavy atom. The lowest BCUT2D eigenvalue weighted by atomic mass is 9.43. The highest BCUT2D eigenvalue weighted by Crippen LogP contribution is 2.74. The van der Waals surface area contributed by atoms with E-state index in [0.29, 0.717) is 0 Å². The molecule has 0 aromatic heterocycles. The van der Waals surface area contributed by atoms with Crippen molar-refractivity contribution in [2.24, 2.45) is 71.0 Å². The Bertz CT molecular complexity index is 8390. The Labute approximate surface area is 840 Å². The van der Waals surface area contributed by atoms with E-state index in [0.717, 1.165) is 71.0 Å². The molecule has 3 heteroatoms. The van der Waals surface area contributed by atoms with Gasteiger partial charge in [-0.15, -0.1) is 0 Å². The van der Waals surface area contributed by atoms with E-state index in [4.69, 9.17) is 0 Å². The summed E-state index contributed by atoms with van der Waals surface area (Å²) in [6.07, 6.45) is 21.4. The lowest BCUT2D eigenvalue weighted by Gasteiger charge is -2.61. The molecule has 690 valence electrons. The third-order valence-corrected chi connectivity index (χ3v) is 38.0. The van der Waals surface area contributed by atoms with Gasteiger partial charge in [-0.3, -0.25) is 0 Å². The third kappa shape index (κ3) is 13.2. The number of fused-ring (bicyclic) bond motifs is 14. The molecule has 12 fully saturated rings. The molecule has 0 heterocycles. The monoisotopic (exact) mass is 1840 g/mol. The largest absolute Gasteiger partial charge is 0.310 e. The van der Waals surface area contributed by atoms with Crippen molar-refractivity contribution < 1.29 is 0 Å². The van der Waals surface area contributed by atoms with E-state index in [2.05, 4.69) is 458 Å². The van der Waals surface area contributed by atoms with Crippen LogP contribution in [0.15, 0.2) is 443 Å². The van der Waals surface area contributed by atoms with Crippen LogP contribution in [0, 0.1) is 71.0 Å². The van der Waals surface area contributed by atoms with Gasteiger partial charge in [0.1, 0.15) is 0 Å². The van der Waals surface area contributed by atoms with Crippen LogP contribution in [0.25, 0.3) is 121 Å². The molecule has 0 unspecified atom stereocenters. The van der Waals surface area contributed by atoms with Gasteiger partial charge in [0.25, 0.3) is 0 Å². The van der Waals surface area contributed by atoms with Crippen LogP contribution >= 0.6 is 0 Å². The van der Waals surface area contributed by atoms with Crippen molar-refractivity contribution in [1.29, 1.82) is 0 Å². The maximum Gasteiger partial charge on any atom is 0.0468 e. The van der Waals surface area contributed by atoms with Gasteiger partial charge >= 0.3 is 0 Å². The number of anilines is 9. The van der Waals surface area contributed by atoms with Crippen molar-refractivity contribution in [2.45, 2.75) is 113 Å². The van der Waals surface area contributed by atoms with Gasteiger partial charge in [-0.25, -0.2) is 0 Å². The minimum absolute atomic E-state index is 0.186. The standard InChI is InChI=1S/2C48H39N.C44H37N/c1-3-9-36-28-38(14-13-33(36)7-1)35-15-18-41(19-16-35)49(42-20-17-34-8-2-4-10-37(34)29-42)43-21-22-47-45(30-43)44-11-5-6-12-46(44)48(47)39-24-31-23-32(26-39)27-40(48)25-31;1-2-10-36-29-40(21-16-33(36)8-1)49(39-19-17-35(18-20-39)43-14-7-11-34-9-3-4-12-42(34)43)41-22-23-47-45(30-41)44-13-5-6-15-46(44)48(47)37-25-31-24-32(27-37)28-38(48)26-31;1-2-9-31(10-3-1)34-13-8-14-37(26-34)45(38-18-17-32-11-4-5-12-33(32)27-38)39-19-20-43-41(28-39)40-15-6-7-16-42(40)44(43)35-22-29-21-30(24-35)25-36(44)23-29/h1-22,28-32,39-40H,23-27H2;1-23,29-32,37-38H,24-28H2;1-20,26-30,35-36H,21-25H2. The molecule has 20 aromatic carbocycles. The molecule has 20 aromatic rings. The molecule has 35 rings (SSSR count). The molecule has 12 bridgehead atoms. The molecule has 15 aliphatic rings. The van der Waals surface area contributed by atoms with E-state index in [9.17, 15) is 0 Å². The van der Waals surface area contributed by atoms with E-state index in [1.807, 2.05) is 0 Å². The number of hydrogen-bond donors (Lipinski definition) is 0. The van der Waals surface area contributed by atoms with Crippen LogP contribution in [-0.2, 0) is 16.2 Å². The summed E-state index contributed by atoms with van der Waals surface area (Å²) in [7, 11) is 0. The van der Waals surface area contributed by atoms with Gasteiger partial charge in [-0.05, 0) is 437 Å². The van der Waals surface area contributed by atoms with Gasteiger partial charge in [0, 0.05) is 67.4 Å². The second kappa shape index (κ2) is 33.1. The summed E-state index contributed by atoms with van der Waals surface area (Å²) in [6, 6.07) is 167. The van der Waals surface area contributed by atoms with E-state index >= 15 is 0 Å². The summed E-state index contributed by atoms with van der Waals surface area (Å²) in [5.41, 5.74) is 37.3. The summed E-state index contributed by atoms with van der Waals surface area (Å²) in [4.78, 5) is 7.43. The fourth-order valence-electron chi connectivity index (χ4n) is 33.0. The zero-order valence-corrected chi connectivity index (χ0v) is 81.0. The zero-order valence-electron chi connectivity index (χ0n) is 81.0. The van der Waals surface area contributed by atoms with Gasteiger partial charge in [0.15, 0.2) is 0 Å². The van der Waals surface area contributed by atoms with Crippen molar-refractivity contribution in [3.8, 4) is 66.8 Å². The second-order valence-corrected chi connectivity index (χ2v) is 45.0. The first-order valence-corrected chi connectivity index (χ1v) is 53.6. The summed E-state index contributed by atoms with van der Waals surface area (Å²) in [5.74, 6) is 10.4. The van der Waals surface area contributed by atoms with E-state index in [-0.39, 0.29) is 16.2 Å². The molecule has 0 N–H and O–H groups in total. The van der Waals surface area contributed by atoms with Crippen LogP contribution in [0.3, 0.4) is 0 Å². The average Bonchev–Trinajstić information content (AvgIpc) is 1.53. The maximum atomic E-state index is 2.55. The van der Waals surface area contributed by atoms with Crippen LogP contribution in [0.4, 0.5) is 51.2 Å². The molecule has 0 radical (unpaired) electrons. The molecule has 3 spiro atoms. The summed E-state index contributed by atoms with van der Waals surface area (Å²) in [5, 5.41) is 12.7. The van der Waals surface area contributed by atoms with E-state index in [1.54, 1.807) is 33.4 Å². The Hall–Kier alpha value is -14.9. The molecule has 15 aliphatic carbocycles. The molecular weight excluding hydrogens is 1720 g/mol. The van der Waals surface area contributed by atoms with Crippen LogP contribution < -0.4 is 14.7 Å². The predicted octanol–water partition coefficient (Wildman–Crippen LogP) is 37.4. The molecule has 0 aliphatic heterocycles. The van der Waals surface area contributed by atoms with E-state index < -0.39 is 0 Å². The second-order valence-electron chi connectivity index (χ2n) is 45.0.